The van der Waals surface area contributed by atoms with Gasteiger partial charge in [0.1, 0.15) is 11.5 Å². The SMILES string of the molecule is Cc1cccc(C)c1OC(=O)COc1ccc(Cl)cc1Br. The second-order valence-corrected chi connectivity index (χ2v) is 5.85. The highest BCUT2D eigenvalue weighted by molar-refractivity contribution is 9.10. The monoisotopic (exact) mass is 368 g/mol. The minimum atomic E-state index is -0.450. The van der Waals surface area contributed by atoms with Crippen molar-refractivity contribution < 1.29 is 14.3 Å². The van der Waals surface area contributed by atoms with Gasteiger partial charge in [-0.1, -0.05) is 29.8 Å². The molecule has 0 aliphatic rings. The summed E-state index contributed by atoms with van der Waals surface area (Å²) in [4.78, 5) is 11.9. The molecule has 21 heavy (non-hydrogen) atoms. The van der Waals surface area contributed by atoms with Crippen LogP contribution in [0.25, 0.3) is 0 Å². The van der Waals surface area contributed by atoms with Crippen LogP contribution in [0.5, 0.6) is 11.5 Å². The molecule has 0 aliphatic heterocycles. The molecule has 110 valence electrons. The number of rotatable bonds is 4. The molecule has 2 rings (SSSR count). The summed E-state index contributed by atoms with van der Waals surface area (Å²) in [7, 11) is 0. The largest absolute Gasteiger partial charge is 0.481 e. The Bertz CT molecular complexity index is 650. The number of ether oxygens (including phenoxy) is 2. The average Bonchev–Trinajstić information content (AvgIpc) is 2.42. The van der Waals surface area contributed by atoms with Gasteiger partial charge >= 0.3 is 5.97 Å². The van der Waals surface area contributed by atoms with E-state index in [0.29, 0.717) is 21.0 Å². The Hall–Kier alpha value is -1.52. The standard InChI is InChI=1S/C16H14BrClO3/c1-10-4-3-5-11(2)16(10)21-15(19)9-20-14-7-6-12(18)8-13(14)17/h3-8H,9H2,1-2H3. The third kappa shape index (κ3) is 4.22. The number of esters is 1. The van der Waals surface area contributed by atoms with Crippen LogP contribution in [-0.2, 0) is 4.79 Å². The van der Waals surface area contributed by atoms with Crippen LogP contribution in [0.1, 0.15) is 11.1 Å². The molecular formula is C16H14BrClO3. The molecule has 0 heterocycles. The van der Waals surface area contributed by atoms with Crippen molar-refractivity contribution in [1.82, 2.24) is 0 Å². The summed E-state index contributed by atoms with van der Waals surface area (Å²) in [5, 5.41) is 0.590. The molecule has 0 bridgehead atoms. The molecule has 2 aromatic carbocycles. The minimum Gasteiger partial charge on any atom is -0.481 e. The van der Waals surface area contributed by atoms with E-state index < -0.39 is 5.97 Å². The van der Waals surface area contributed by atoms with Gasteiger partial charge in [-0.05, 0) is 59.1 Å². The molecule has 0 aliphatic carbocycles. The molecule has 5 heteroatoms. The number of halogens is 2. The number of aryl methyl sites for hydroxylation is 2. The van der Waals surface area contributed by atoms with Crippen molar-refractivity contribution in [2.45, 2.75) is 13.8 Å². The summed E-state index contributed by atoms with van der Waals surface area (Å²) >= 11 is 9.17. The Morgan fingerprint density at radius 2 is 1.86 bits per heavy atom. The van der Waals surface area contributed by atoms with E-state index in [9.17, 15) is 4.79 Å². The number of benzene rings is 2. The first-order chi connectivity index (χ1) is 9.97. The van der Waals surface area contributed by atoms with Gasteiger partial charge in [-0.2, -0.15) is 0 Å². The molecule has 0 saturated carbocycles. The Kier molecular flexibility index (Phi) is 5.26. The first-order valence-electron chi connectivity index (χ1n) is 6.32. The van der Waals surface area contributed by atoms with Crippen LogP contribution in [0.2, 0.25) is 5.02 Å². The Labute approximate surface area is 137 Å². The van der Waals surface area contributed by atoms with Gasteiger partial charge in [0, 0.05) is 5.02 Å². The predicted octanol–water partition coefficient (Wildman–Crippen LogP) is 4.70. The van der Waals surface area contributed by atoms with Crippen LogP contribution in [0.4, 0.5) is 0 Å². The zero-order valence-electron chi connectivity index (χ0n) is 11.7. The summed E-state index contributed by atoms with van der Waals surface area (Å²) in [6, 6.07) is 10.8. The van der Waals surface area contributed by atoms with Crippen LogP contribution in [0, 0.1) is 13.8 Å². The fourth-order valence-electron chi connectivity index (χ4n) is 1.83. The zero-order chi connectivity index (χ0) is 15.4. The van der Waals surface area contributed by atoms with E-state index in [2.05, 4.69) is 15.9 Å². The van der Waals surface area contributed by atoms with Crippen molar-refractivity contribution in [1.29, 1.82) is 0 Å². The Morgan fingerprint density at radius 1 is 1.19 bits per heavy atom. The number of para-hydroxylation sites is 1. The van der Waals surface area contributed by atoms with E-state index in [1.54, 1.807) is 18.2 Å². The van der Waals surface area contributed by atoms with Crippen molar-refractivity contribution in [3.63, 3.8) is 0 Å². The van der Waals surface area contributed by atoms with Crippen LogP contribution < -0.4 is 9.47 Å². The van der Waals surface area contributed by atoms with Crippen molar-refractivity contribution in [3.05, 3.63) is 57.0 Å². The van der Waals surface area contributed by atoms with E-state index in [1.807, 2.05) is 32.0 Å². The summed E-state index contributed by atoms with van der Waals surface area (Å²) in [5.41, 5.74) is 1.83. The van der Waals surface area contributed by atoms with Crippen molar-refractivity contribution in [2.24, 2.45) is 0 Å². The van der Waals surface area contributed by atoms with E-state index in [1.165, 1.54) is 0 Å². The molecular weight excluding hydrogens is 356 g/mol. The maximum absolute atomic E-state index is 11.9. The zero-order valence-corrected chi connectivity index (χ0v) is 14.0. The van der Waals surface area contributed by atoms with Gasteiger partial charge in [0.05, 0.1) is 4.47 Å². The van der Waals surface area contributed by atoms with Gasteiger partial charge in [0.2, 0.25) is 0 Å². The van der Waals surface area contributed by atoms with Crippen molar-refractivity contribution in [3.8, 4) is 11.5 Å². The smallest absolute Gasteiger partial charge is 0.349 e. The van der Waals surface area contributed by atoms with Gasteiger partial charge in [0.15, 0.2) is 6.61 Å². The fourth-order valence-corrected chi connectivity index (χ4v) is 2.63. The minimum absolute atomic E-state index is 0.173. The molecule has 0 N–H and O–H groups in total. The van der Waals surface area contributed by atoms with Crippen LogP contribution >= 0.6 is 27.5 Å². The maximum atomic E-state index is 11.9. The lowest BCUT2D eigenvalue weighted by Crippen LogP contribution is -2.18. The van der Waals surface area contributed by atoms with E-state index in [4.69, 9.17) is 21.1 Å². The number of hydrogen-bond donors (Lipinski definition) is 0. The van der Waals surface area contributed by atoms with Crippen LogP contribution in [0.3, 0.4) is 0 Å². The van der Waals surface area contributed by atoms with Gasteiger partial charge < -0.3 is 9.47 Å². The molecule has 0 unspecified atom stereocenters. The van der Waals surface area contributed by atoms with E-state index >= 15 is 0 Å². The molecule has 3 nitrogen and oxygen atoms in total. The summed E-state index contributed by atoms with van der Waals surface area (Å²) in [6.07, 6.45) is 0. The van der Waals surface area contributed by atoms with Crippen molar-refractivity contribution >= 4 is 33.5 Å². The maximum Gasteiger partial charge on any atom is 0.349 e. The molecule has 0 fully saturated rings. The van der Waals surface area contributed by atoms with Gasteiger partial charge in [-0.25, -0.2) is 4.79 Å². The van der Waals surface area contributed by atoms with Gasteiger partial charge in [-0.15, -0.1) is 0 Å². The Balaban J connectivity index is 1.99. The lowest BCUT2D eigenvalue weighted by atomic mass is 10.1. The normalized spacial score (nSPS) is 10.3. The third-order valence-electron chi connectivity index (χ3n) is 2.86. The van der Waals surface area contributed by atoms with E-state index in [-0.39, 0.29) is 6.61 Å². The van der Waals surface area contributed by atoms with Crippen LogP contribution in [-0.4, -0.2) is 12.6 Å². The molecule has 0 amide bonds. The number of carbonyl (C=O) groups excluding carboxylic acids is 1. The third-order valence-corrected chi connectivity index (χ3v) is 3.72. The van der Waals surface area contributed by atoms with Gasteiger partial charge in [0.25, 0.3) is 0 Å². The highest BCUT2D eigenvalue weighted by atomic mass is 79.9. The Morgan fingerprint density at radius 3 is 2.48 bits per heavy atom. The number of hydrogen-bond acceptors (Lipinski definition) is 3. The van der Waals surface area contributed by atoms with Gasteiger partial charge in [-0.3, -0.25) is 0 Å². The quantitative estimate of drug-likeness (QED) is 0.578. The highest BCUT2D eigenvalue weighted by Crippen LogP contribution is 2.28. The second-order valence-electron chi connectivity index (χ2n) is 4.56. The molecule has 0 saturated heterocycles. The predicted molar refractivity (Wildman–Crippen MR) is 86.2 cm³/mol. The molecule has 2 aromatic rings. The van der Waals surface area contributed by atoms with Crippen LogP contribution in [0.15, 0.2) is 40.9 Å². The highest BCUT2D eigenvalue weighted by Gasteiger charge is 2.11. The second kappa shape index (κ2) is 6.96. The summed E-state index contributed by atoms with van der Waals surface area (Å²) in [5.74, 6) is 0.674. The summed E-state index contributed by atoms with van der Waals surface area (Å²) < 4.78 is 11.5. The van der Waals surface area contributed by atoms with Crippen molar-refractivity contribution in [2.75, 3.05) is 6.61 Å². The van der Waals surface area contributed by atoms with E-state index in [0.717, 1.165) is 11.1 Å². The topological polar surface area (TPSA) is 35.5 Å². The molecule has 0 spiro atoms. The number of carbonyl (C=O) groups is 1. The summed E-state index contributed by atoms with van der Waals surface area (Å²) in [6.45, 7) is 3.62. The first kappa shape index (κ1) is 15.9. The lowest BCUT2D eigenvalue weighted by molar-refractivity contribution is -0.136. The molecule has 0 radical (unpaired) electrons. The first-order valence-corrected chi connectivity index (χ1v) is 7.49. The molecule has 0 atom stereocenters. The fraction of sp³-hybridized carbons (Fsp3) is 0.188. The average molecular weight is 370 g/mol. The lowest BCUT2D eigenvalue weighted by Gasteiger charge is -2.11. The molecule has 0 aromatic heterocycles.